The molecule has 106 valence electrons. The maximum atomic E-state index is 11.8. The fourth-order valence-electron chi connectivity index (χ4n) is 1.63. The number of H-pyrrole nitrogens is 1. The number of rotatable bonds is 6. The Bertz CT molecular complexity index is 595. The molecule has 0 aromatic carbocycles. The fraction of sp³-hybridized carbons (Fsp3) is 0.273. The van der Waals surface area contributed by atoms with Gasteiger partial charge in [-0.3, -0.25) is 4.79 Å². The van der Waals surface area contributed by atoms with Crippen LogP contribution in [0.3, 0.4) is 0 Å². The van der Waals surface area contributed by atoms with Gasteiger partial charge in [-0.15, -0.1) is 11.3 Å². The zero-order chi connectivity index (χ0) is 14.5. The van der Waals surface area contributed by atoms with Gasteiger partial charge in [0.1, 0.15) is 6.04 Å². The van der Waals surface area contributed by atoms with Crippen LogP contribution in [0.25, 0.3) is 0 Å². The molecule has 0 unspecified atom stereocenters. The van der Waals surface area contributed by atoms with Crippen LogP contribution in [0.5, 0.6) is 0 Å². The number of nitrogens with two attached hydrogens (primary N) is 1. The highest BCUT2D eigenvalue weighted by atomic mass is 32.1. The van der Waals surface area contributed by atoms with Crippen LogP contribution in [0.2, 0.25) is 0 Å². The number of hydrogen-bond acceptors (Lipinski definition) is 6. The van der Waals surface area contributed by atoms with E-state index in [1.165, 1.54) is 23.9 Å². The van der Waals surface area contributed by atoms with E-state index in [-0.39, 0.29) is 12.8 Å². The summed E-state index contributed by atoms with van der Waals surface area (Å²) in [6, 6.07) is -1.01. The number of hydrogen-bond donors (Lipinski definition) is 4. The maximum Gasteiger partial charge on any atom is 0.326 e. The molecule has 0 spiro atoms. The van der Waals surface area contributed by atoms with Crippen LogP contribution in [0, 0.1) is 0 Å². The van der Waals surface area contributed by atoms with Crippen molar-refractivity contribution >= 4 is 28.3 Å². The third-order valence-electron chi connectivity index (χ3n) is 2.52. The molecule has 0 aliphatic heterocycles. The summed E-state index contributed by atoms with van der Waals surface area (Å²) in [6.45, 7) is 0. The summed E-state index contributed by atoms with van der Waals surface area (Å²) in [5, 5.41) is 13.6. The van der Waals surface area contributed by atoms with E-state index in [2.05, 4.69) is 20.3 Å². The van der Waals surface area contributed by atoms with Crippen molar-refractivity contribution < 1.29 is 14.7 Å². The number of nitrogens with one attached hydrogen (secondary N) is 2. The molecular formula is C11H13N5O3S. The quantitative estimate of drug-likeness (QED) is 0.583. The highest BCUT2D eigenvalue weighted by Crippen LogP contribution is 2.11. The molecule has 1 amide bonds. The van der Waals surface area contributed by atoms with E-state index in [1.54, 1.807) is 5.38 Å². The van der Waals surface area contributed by atoms with Gasteiger partial charge in [0.15, 0.2) is 5.13 Å². The van der Waals surface area contributed by atoms with E-state index in [0.29, 0.717) is 16.5 Å². The molecule has 9 heteroatoms. The number of carboxylic acid groups (broad SMARTS) is 1. The summed E-state index contributed by atoms with van der Waals surface area (Å²) in [7, 11) is 0. The number of amides is 1. The van der Waals surface area contributed by atoms with E-state index < -0.39 is 17.9 Å². The normalized spacial score (nSPS) is 12.0. The Hall–Kier alpha value is -2.42. The maximum absolute atomic E-state index is 11.8. The second kappa shape index (κ2) is 6.15. The topological polar surface area (TPSA) is 134 Å². The summed E-state index contributed by atoms with van der Waals surface area (Å²) in [4.78, 5) is 33.5. The highest BCUT2D eigenvalue weighted by molar-refractivity contribution is 7.13. The standard InChI is InChI=1S/C11H13N5O3S/c12-11-15-7(4-20-11)2-9(17)16-8(10(18)19)1-6-3-13-5-14-6/h3-5,8H,1-2H2,(H2,12,15)(H,13,14)(H,16,17)(H,18,19)/t8-/m0/s1. The molecule has 2 aromatic rings. The van der Waals surface area contributed by atoms with Gasteiger partial charge in [0.2, 0.25) is 5.91 Å². The van der Waals surface area contributed by atoms with Crippen molar-refractivity contribution in [3.63, 3.8) is 0 Å². The number of imidazole rings is 1. The van der Waals surface area contributed by atoms with Crippen LogP contribution >= 0.6 is 11.3 Å². The third-order valence-corrected chi connectivity index (χ3v) is 3.25. The average Bonchev–Trinajstić information content (AvgIpc) is 3.00. The molecule has 0 radical (unpaired) electrons. The first-order valence-electron chi connectivity index (χ1n) is 5.74. The molecule has 0 aliphatic rings. The number of anilines is 1. The lowest BCUT2D eigenvalue weighted by atomic mass is 10.1. The number of carbonyl (C=O) groups excluding carboxylic acids is 1. The summed E-state index contributed by atoms with van der Waals surface area (Å²) < 4.78 is 0. The number of nitrogen functional groups attached to an aromatic ring is 1. The van der Waals surface area contributed by atoms with Crippen molar-refractivity contribution in [2.24, 2.45) is 0 Å². The van der Waals surface area contributed by atoms with Crippen LogP contribution in [-0.2, 0) is 22.4 Å². The Morgan fingerprint density at radius 3 is 2.90 bits per heavy atom. The van der Waals surface area contributed by atoms with Crippen LogP contribution in [0.4, 0.5) is 5.13 Å². The molecular weight excluding hydrogens is 282 g/mol. The Morgan fingerprint density at radius 1 is 1.55 bits per heavy atom. The number of carboxylic acids is 1. The van der Waals surface area contributed by atoms with Crippen molar-refractivity contribution in [2.75, 3.05) is 5.73 Å². The summed E-state index contributed by atoms with van der Waals surface area (Å²) >= 11 is 1.23. The number of aromatic amines is 1. The van der Waals surface area contributed by atoms with Crippen LogP contribution in [0.15, 0.2) is 17.9 Å². The third kappa shape index (κ3) is 3.79. The van der Waals surface area contributed by atoms with Gasteiger partial charge in [0.25, 0.3) is 0 Å². The van der Waals surface area contributed by atoms with E-state index in [0.717, 1.165) is 0 Å². The lowest BCUT2D eigenvalue weighted by Gasteiger charge is -2.13. The molecule has 2 aromatic heterocycles. The van der Waals surface area contributed by atoms with Gasteiger partial charge in [0, 0.05) is 23.7 Å². The molecule has 0 saturated carbocycles. The minimum absolute atomic E-state index is 0.000453. The van der Waals surface area contributed by atoms with Gasteiger partial charge in [-0.25, -0.2) is 14.8 Å². The summed E-state index contributed by atoms with van der Waals surface area (Å²) in [5.74, 6) is -1.52. The molecule has 2 heterocycles. The molecule has 2 rings (SSSR count). The molecule has 0 aliphatic carbocycles. The summed E-state index contributed by atoms with van der Waals surface area (Å²) in [5.41, 5.74) is 6.62. The van der Waals surface area contributed by atoms with Gasteiger partial charge in [0.05, 0.1) is 18.4 Å². The van der Waals surface area contributed by atoms with Crippen molar-refractivity contribution in [1.82, 2.24) is 20.3 Å². The number of aromatic nitrogens is 3. The van der Waals surface area contributed by atoms with Crippen LogP contribution < -0.4 is 11.1 Å². The predicted octanol–water partition coefficient (Wildman–Crippen LogP) is -0.197. The first-order valence-corrected chi connectivity index (χ1v) is 6.62. The van der Waals surface area contributed by atoms with Crippen molar-refractivity contribution in [3.8, 4) is 0 Å². The number of carbonyl (C=O) groups is 2. The smallest absolute Gasteiger partial charge is 0.326 e. The molecule has 0 bridgehead atoms. The lowest BCUT2D eigenvalue weighted by molar-refractivity contribution is -0.141. The Labute approximate surface area is 118 Å². The number of thiazole rings is 1. The molecule has 20 heavy (non-hydrogen) atoms. The Kier molecular flexibility index (Phi) is 4.31. The van der Waals surface area contributed by atoms with Crippen LogP contribution in [-0.4, -0.2) is 38.0 Å². The van der Waals surface area contributed by atoms with Crippen molar-refractivity contribution in [1.29, 1.82) is 0 Å². The second-order valence-corrected chi connectivity index (χ2v) is 4.98. The van der Waals surface area contributed by atoms with E-state index in [1.807, 2.05) is 0 Å². The number of aliphatic carboxylic acids is 1. The first-order chi connectivity index (χ1) is 9.54. The van der Waals surface area contributed by atoms with Gasteiger partial charge in [-0.05, 0) is 0 Å². The predicted molar refractivity (Wildman–Crippen MR) is 72.1 cm³/mol. The largest absolute Gasteiger partial charge is 0.480 e. The molecule has 8 nitrogen and oxygen atoms in total. The monoisotopic (exact) mass is 295 g/mol. The van der Waals surface area contributed by atoms with Crippen molar-refractivity contribution in [3.05, 3.63) is 29.3 Å². The fourth-order valence-corrected chi connectivity index (χ4v) is 2.19. The molecule has 0 fully saturated rings. The SMILES string of the molecule is Nc1nc(CC(=O)N[C@@H](Cc2cnc[nH]2)C(=O)O)cs1. The van der Waals surface area contributed by atoms with Gasteiger partial charge < -0.3 is 21.1 Å². The minimum atomic E-state index is -1.11. The zero-order valence-corrected chi connectivity index (χ0v) is 11.2. The Morgan fingerprint density at radius 2 is 2.35 bits per heavy atom. The van der Waals surface area contributed by atoms with E-state index in [4.69, 9.17) is 10.8 Å². The minimum Gasteiger partial charge on any atom is -0.480 e. The van der Waals surface area contributed by atoms with Gasteiger partial charge in [-0.2, -0.15) is 0 Å². The van der Waals surface area contributed by atoms with Crippen LogP contribution in [0.1, 0.15) is 11.4 Å². The average molecular weight is 295 g/mol. The first kappa shape index (κ1) is 14.0. The van der Waals surface area contributed by atoms with E-state index >= 15 is 0 Å². The summed E-state index contributed by atoms with van der Waals surface area (Å²) in [6.07, 6.45) is 3.11. The van der Waals surface area contributed by atoms with Crippen molar-refractivity contribution in [2.45, 2.75) is 18.9 Å². The lowest BCUT2D eigenvalue weighted by Crippen LogP contribution is -2.43. The second-order valence-electron chi connectivity index (χ2n) is 4.09. The molecule has 1 atom stereocenters. The number of nitrogens with zero attached hydrogens (tertiary/aromatic N) is 2. The van der Waals surface area contributed by atoms with Gasteiger partial charge >= 0.3 is 5.97 Å². The Balaban J connectivity index is 1.94. The molecule has 0 saturated heterocycles. The zero-order valence-electron chi connectivity index (χ0n) is 10.4. The van der Waals surface area contributed by atoms with Gasteiger partial charge in [-0.1, -0.05) is 0 Å². The molecule has 5 N–H and O–H groups in total. The van der Waals surface area contributed by atoms with E-state index in [9.17, 15) is 9.59 Å². The highest BCUT2D eigenvalue weighted by Gasteiger charge is 2.21.